The summed E-state index contributed by atoms with van der Waals surface area (Å²) in [6, 6.07) is 0. The van der Waals surface area contributed by atoms with Crippen LogP contribution >= 0.6 is 11.6 Å². The lowest BCUT2D eigenvalue weighted by Gasteiger charge is -2.09. The van der Waals surface area contributed by atoms with Crippen LogP contribution in [0.2, 0.25) is 5.15 Å². The Kier molecular flexibility index (Phi) is 2.70. The first kappa shape index (κ1) is 10.8. The van der Waals surface area contributed by atoms with Crippen molar-refractivity contribution in [1.82, 2.24) is 4.98 Å². The lowest BCUT2D eigenvalue weighted by atomic mass is 10.4. The molecule has 0 radical (unpaired) electrons. The molecular weight excluding hydrogens is 230 g/mol. The summed E-state index contributed by atoms with van der Waals surface area (Å²) in [6.07, 6.45) is -4.63. The van der Waals surface area contributed by atoms with E-state index in [-0.39, 0.29) is 0 Å². The molecule has 0 saturated carbocycles. The molecule has 1 aromatic rings. The van der Waals surface area contributed by atoms with Crippen molar-refractivity contribution in [3.05, 3.63) is 17.2 Å². The van der Waals surface area contributed by atoms with Gasteiger partial charge in [0.2, 0.25) is 5.82 Å². The van der Waals surface area contributed by atoms with Crippen molar-refractivity contribution in [1.29, 1.82) is 0 Å². The normalized spacial score (nSPS) is 11.5. The standard InChI is InChI=1S/C6H2ClF4NO2/c7-5-4(13)3(8)2(1-12-5)14-6(9,10)11/h1,13H. The summed E-state index contributed by atoms with van der Waals surface area (Å²) in [5, 5.41) is 8.13. The molecule has 0 aliphatic carbocycles. The number of nitrogens with zero attached hydrogens (tertiary/aromatic N) is 1. The van der Waals surface area contributed by atoms with Crippen molar-refractivity contribution < 1.29 is 27.4 Å². The van der Waals surface area contributed by atoms with Crippen LogP contribution in [-0.2, 0) is 0 Å². The zero-order valence-corrected chi connectivity index (χ0v) is 7.03. The van der Waals surface area contributed by atoms with Crippen LogP contribution in [0.15, 0.2) is 6.20 Å². The van der Waals surface area contributed by atoms with E-state index in [0.717, 1.165) is 0 Å². The molecule has 0 amide bonds. The second kappa shape index (κ2) is 3.49. The number of hydrogen-bond donors (Lipinski definition) is 1. The number of halogens is 5. The number of rotatable bonds is 1. The smallest absolute Gasteiger partial charge is 0.503 e. The van der Waals surface area contributed by atoms with Gasteiger partial charge in [-0.15, -0.1) is 13.2 Å². The number of ether oxygens (including phenoxy) is 1. The third-order valence-electron chi connectivity index (χ3n) is 1.14. The maximum absolute atomic E-state index is 12.8. The third-order valence-corrected chi connectivity index (χ3v) is 1.42. The molecule has 0 saturated heterocycles. The van der Waals surface area contributed by atoms with Gasteiger partial charge in [-0.2, -0.15) is 4.39 Å². The Bertz CT molecular complexity index is 354. The minimum Gasteiger partial charge on any atom is -0.503 e. The molecule has 0 atom stereocenters. The molecule has 0 aliphatic rings. The van der Waals surface area contributed by atoms with E-state index in [9.17, 15) is 17.6 Å². The average Bonchev–Trinajstić information content (AvgIpc) is 2.04. The lowest BCUT2D eigenvalue weighted by Crippen LogP contribution is -2.18. The highest BCUT2D eigenvalue weighted by atomic mass is 35.5. The fourth-order valence-electron chi connectivity index (χ4n) is 0.636. The minimum absolute atomic E-state index is 0.422. The second-order valence-electron chi connectivity index (χ2n) is 2.12. The Balaban J connectivity index is 3.06. The zero-order valence-electron chi connectivity index (χ0n) is 6.27. The summed E-state index contributed by atoms with van der Waals surface area (Å²) >= 11 is 5.12. The quantitative estimate of drug-likeness (QED) is 0.596. The molecule has 0 aliphatic heterocycles. The van der Waals surface area contributed by atoms with Crippen LogP contribution in [0, 0.1) is 5.82 Å². The summed E-state index contributed by atoms with van der Waals surface area (Å²) in [7, 11) is 0. The summed E-state index contributed by atoms with van der Waals surface area (Å²) in [4.78, 5) is 3.07. The van der Waals surface area contributed by atoms with E-state index in [1.165, 1.54) is 0 Å². The molecule has 3 nitrogen and oxygen atoms in total. The van der Waals surface area contributed by atoms with Crippen LogP contribution in [0.5, 0.6) is 11.5 Å². The number of aromatic nitrogens is 1. The molecule has 0 bridgehead atoms. The first-order chi connectivity index (χ1) is 6.31. The Hall–Kier alpha value is -1.24. The first-order valence-corrected chi connectivity index (χ1v) is 3.48. The maximum Gasteiger partial charge on any atom is 0.573 e. The predicted octanol–water partition coefficient (Wildman–Crippen LogP) is 2.48. The number of alkyl halides is 3. The van der Waals surface area contributed by atoms with Crippen LogP contribution in [0.25, 0.3) is 0 Å². The Morgan fingerprint density at radius 3 is 2.50 bits per heavy atom. The molecule has 1 N–H and O–H groups in total. The fraction of sp³-hybridized carbons (Fsp3) is 0.167. The first-order valence-electron chi connectivity index (χ1n) is 3.10. The highest BCUT2D eigenvalue weighted by Crippen LogP contribution is 2.33. The monoisotopic (exact) mass is 231 g/mol. The van der Waals surface area contributed by atoms with Crippen molar-refractivity contribution in [3.8, 4) is 11.5 Å². The van der Waals surface area contributed by atoms with E-state index < -0.39 is 28.8 Å². The van der Waals surface area contributed by atoms with E-state index >= 15 is 0 Å². The molecular formula is C6H2ClF4NO2. The van der Waals surface area contributed by atoms with Gasteiger partial charge in [0.15, 0.2) is 16.7 Å². The molecule has 14 heavy (non-hydrogen) atoms. The third kappa shape index (κ3) is 2.38. The molecule has 8 heteroatoms. The lowest BCUT2D eigenvalue weighted by molar-refractivity contribution is -0.275. The Morgan fingerprint density at radius 1 is 1.43 bits per heavy atom. The van der Waals surface area contributed by atoms with Gasteiger partial charge < -0.3 is 9.84 Å². The molecule has 78 valence electrons. The van der Waals surface area contributed by atoms with Gasteiger partial charge in [0.1, 0.15) is 0 Å². The summed E-state index contributed by atoms with van der Waals surface area (Å²) < 4.78 is 50.9. The van der Waals surface area contributed by atoms with Crippen molar-refractivity contribution >= 4 is 11.6 Å². The van der Waals surface area contributed by atoms with Gasteiger partial charge in [-0.1, -0.05) is 11.6 Å². The molecule has 0 spiro atoms. The largest absolute Gasteiger partial charge is 0.573 e. The van der Waals surface area contributed by atoms with Gasteiger partial charge in [0, 0.05) is 0 Å². The van der Waals surface area contributed by atoms with E-state index in [0.29, 0.717) is 6.20 Å². The fourth-order valence-corrected chi connectivity index (χ4v) is 0.768. The van der Waals surface area contributed by atoms with Crippen LogP contribution < -0.4 is 4.74 Å². The van der Waals surface area contributed by atoms with Gasteiger partial charge in [0.25, 0.3) is 0 Å². The van der Waals surface area contributed by atoms with Crippen LogP contribution in [0.4, 0.5) is 17.6 Å². The molecule has 0 aromatic carbocycles. The van der Waals surface area contributed by atoms with E-state index in [4.69, 9.17) is 16.7 Å². The van der Waals surface area contributed by atoms with Crippen LogP contribution in [-0.4, -0.2) is 16.5 Å². The molecule has 1 heterocycles. The highest BCUT2D eigenvalue weighted by Gasteiger charge is 2.33. The van der Waals surface area contributed by atoms with E-state index in [1.807, 2.05) is 0 Å². The van der Waals surface area contributed by atoms with Crippen molar-refractivity contribution in [3.63, 3.8) is 0 Å². The zero-order chi connectivity index (χ0) is 10.9. The number of hydrogen-bond acceptors (Lipinski definition) is 3. The van der Waals surface area contributed by atoms with Gasteiger partial charge in [-0.05, 0) is 0 Å². The van der Waals surface area contributed by atoms with Crippen molar-refractivity contribution in [2.75, 3.05) is 0 Å². The summed E-state index contributed by atoms with van der Waals surface area (Å²) in [5.41, 5.74) is 0. The second-order valence-corrected chi connectivity index (χ2v) is 2.48. The minimum atomic E-state index is -5.05. The van der Waals surface area contributed by atoms with Crippen LogP contribution in [0.3, 0.4) is 0 Å². The Labute approximate surface area is 79.9 Å². The number of pyridine rings is 1. The van der Waals surface area contributed by atoms with Crippen molar-refractivity contribution in [2.45, 2.75) is 6.36 Å². The van der Waals surface area contributed by atoms with Crippen LogP contribution in [0.1, 0.15) is 0 Å². The van der Waals surface area contributed by atoms with E-state index in [2.05, 4.69) is 9.72 Å². The molecule has 0 fully saturated rings. The molecule has 0 unspecified atom stereocenters. The van der Waals surface area contributed by atoms with E-state index in [1.54, 1.807) is 0 Å². The van der Waals surface area contributed by atoms with Gasteiger partial charge >= 0.3 is 6.36 Å². The van der Waals surface area contributed by atoms with Gasteiger partial charge in [-0.3, -0.25) is 0 Å². The highest BCUT2D eigenvalue weighted by molar-refractivity contribution is 6.30. The topological polar surface area (TPSA) is 42.4 Å². The average molecular weight is 232 g/mol. The maximum atomic E-state index is 12.8. The van der Waals surface area contributed by atoms with Gasteiger partial charge in [0.05, 0.1) is 6.20 Å². The molecule has 1 rings (SSSR count). The SMILES string of the molecule is Oc1c(Cl)ncc(OC(F)(F)F)c1F. The predicted molar refractivity (Wildman–Crippen MR) is 37.6 cm³/mol. The summed E-state index contributed by atoms with van der Waals surface area (Å²) in [5.74, 6) is -4.03. The summed E-state index contributed by atoms with van der Waals surface area (Å²) in [6.45, 7) is 0. The molecule has 1 aromatic heterocycles. The van der Waals surface area contributed by atoms with Crippen molar-refractivity contribution in [2.24, 2.45) is 0 Å². The van der Waals surface area contributed by atoms with Gasteiger partial charge in [-0.25, -0.2) is 4.98 Å². The number of aromatic hydroxyl groups is 1. The Morgan fingerprint density at radius 2 is 2.00 bits per heavy atom.